The normalized spacial score (nSPS) is 20.6. The molecule has 34 heavy (non-hydrogen) atoms. The molecule has 7 heteroatoms. The number of nitrogens with one attached hydrogen (secondary N) is 1. The van der Waals surface area contributed by atoms with Gasteiger partial charge in [0.05, 0.1) is 17.5 Å². The van der Waals surface area contributed by atoms with Crippen molar-refractivity contribution in [3.8, 4) is 16.9 Å². The van der Waals surface area contributed by atoms with Gasteiger partial charge in [-0.25, -0.2) is 13.1 Å². The number of aliphatic hydroxyl groups excluding tert-OH is 1. The first kappa shape index (κ1) is 22.6. The van der Waals surface area contributed by atoms with Crippen LogP contribution < -0.4 is 9.46 Å². The van der Waals surface area contributed by atoms with Gasteiger partial charge in [0.15, 0.2) is 0 Å². The van der Waals surface area contributed by atoms with Crippen molar-refractivity contribution in [1.82, 2.24) is 4.72 Å². The maximum atomic E-state index is 12.9. The summed E-state index contributed by atoms with van der Waals surface area (Å²) in [6.45, 7) is 2.02. The Morgan fingerprint density at radius 3 is 2.50 bits per heavy atom. The molecule has 3 aromatic carbocycles. The Kier molecular flexibility index (Phi) is 5.70. The summed E-state index contributed by atoms with van der Waals surface area (Å²) in [6.07, 6.45) is 1.14. The lowest BCUT2D eigenvalue weighted by molar-refractivity contribution is 0.0508. The summed E-state index contributed by atoms with van der Waals surface area (Å²) in [6, 6.07) is 22.4. The van der Waals surface area contributed by atoms with Crippen LogP contribution in [0.1, 0.15) is 47.4 Å². The number of rotatable bonds is 6. The van der Waals surface area contributed by atoms with Crippen molar-refractivity contribution in [1.29, 1.82) is 0 Å². The smallest absolute Gasteiger partial charge is 0.265 e. The van der Waals surface area contributed by atoms with Crippen LogP contribution in [0, 0.1) is 5.92 Å². The van der Waals surface area contributed by atoms with Gasteiger partial charge in [-0.2, -0.15) is 0 Å². The third-order valence-corrected chi connectivity index (χ3v) is 9.04. The summed E-state index contributed by atoms with van der Waals surface area (Å²) in [5.41, 5.74) is 3.44. The zero-order chi connectivity index (χ0) is 23.9. The molecule has 0 saturated heterocycles. The molecule has 1 heterocycles. The first-order chi connectivity index (χ1) is 16.3. The third-order valence-electron chi connectivity index (χ3n) is 6.89. The molecule has 6 nitrogen and oxygen atoms in total. The van der Waals surface area contributed by atoms with Crippen molar-refractivity contribution in [2.75, 3.05) is 6.61 Å². The molecule has 1 aliphatic heterocycles. The molecule has 0 spiro atoms. The Labute approximate surface area is 199 Å². The number of ether oxygens (including phenoxy) is 1. The maximum Gasteiger partial charge on any atom is 0.265 e. The molecule has 3 aromatic rings. The van der Waals surface area contributed by atoms with Crippen LogP contribution in [0.15, 0.2) is 72.8 Å². The van der Waals surface area contributed by atoms with Crippen LogP contribution in [0.2, 0.25) is 0 Å². The summed E-state index contributed by atoms with van der Waals surface area (Å²) < 4.78 is 32.5. The molecule has 2 N–H and O–H groups in total. The monoisotopic (exact) mass is 477 g/mol. The van der Waals surface area contributed by atoms with Gasteiger partial charge in [0, 0.05) is 17.0 Å². The summed E-state index contributed by atoms with van der Waals surface area (Å²) in [7, 11) is -3.74. The fraction of sp³-hybridized carbons (Fsp3) is 0.296. The second kappa shape index (κ2) is 8.56. The summed E-state index contributed by atoms with van der Waals surface area (Å²) >= 11 is 0. The molecule has 0 radical (unpaired) electrons. The second-order valence-electron chi connectivity index (χ2n) is 9.39. The lowest BCUT2D eigenvalue weighted by atomic mass is 9.87. The highest BCUT2D eigenvalue weighted by molar-refractivity contribution is 7.91. The zero-order valence-corrected chi connectivity index (χ0v) is 19.7. The van der Waals surface area contributed by atoms with Gasteiger partial charge >= 0.3 is 0 Å². The quantitative estimate of drug-likeness (QED) is 0.554. The van der Waals surface area contributed by atoms with Crippen molar-refractivity contribution >= 4 is 15.9 Å². The van der Waals surface area contributed by atoms with Gasteiger partial charge in [-0.15, -0.1) is 0 Å². The molecule has 1 saturated carbocycles. The van der Waals surface area contributed by atoms with Crippen molar-refractivity contribution in [3.05, 3.63) is 89.5 Å². The number of benzene rings is 3. The lowest BCUT2D eigenvalue weighted by Gasteiger charge is -2.31. The van der Waals surface area contributed by atoms with Crippen LogP contribution in [-0.4, -0.2) is 30.8 Å². The van der Waals surface area contributed by atoms with E-state index in [4.69, 9.17) is 4.74 Å². The Morgan fingerprint density at radius 1 is 1.06 bits per heavy atom. The van der Waals surface area contributed by atoms with Crippen LogP contribution in [-0.2, 0) is 16.4 Å². The van der Waals surface area contributed by atoms with E-state index in [0.717, 1.165) is 5.56 Å². The highest BCUT2D eigenvalue weighted by Gasteiger charge is 2.51. The zero-order valence-electron chi connectivity index (χ0n) is 18.9. The average molecular weight is 478 g/mol. The number of carbonyl (C=O) groups is 1. The van der Waals surface area contributed by atoms with Gasteiger partial charge in [-0.3, -0.25) is 4.79 Å². The van der Waals surface area contributed by atoms with E-state index in [0.29, 0.717) is 48.3 Å². The standard InChI is InChI=1S/C27H27NO5S/c1-27(13-14-27)34(31,32)28-26(30)22-10-6-5-9-21(22)19-11-12-23-24(16-19)33-17-20(25(23)29)15-18-7-3-2-4-8-18/h2-12,16,20,25,29H,13-15,17H2,1H3,(H,28,30)/t20-,25+/m0/s1. The van der Waals surface area contributed by atoms with E-state index < -0.39 is 26.8 Å². The van der Waals surface area contributed by atoms with E-state index in [9.17, 15) is 18.3 Å². The molecule has 1 fully saturated rings. The highest BCUT2D eigenvalue weighted by atomic mass is 32.2. The maximum absolute atomic E-state index is 12.9. The van der Waals surface area contributed by atoms with Crippen molar-refractivity contribution in [2.24, 2.45) is 5.92 Å². The van der Waals surface area contributed by atoms with Crippen LogP contribution in [0.25, 0.3) is 11.1 Å². The Morgan fingerprint density at radius 2 is 1.76 bits per heavy atom. The van der Waals surface area contributed by atoms with Gasteiger partial charge in [0.1, 0.15) is 5.75 Å². The van der Waals surface area contributed by atoms with Gasteiger partial charge in [0.25, 0.3) is 5.91 Å². The highest BCUT2D eigenvalue weighted by Crippen LogP contribution is 2.43. The molecule has 5 rings (SSSR count). The first-order valence-corrected chi connectivity index (χ1v) is 12.9. The van der Waals surface area contributed by atoms with E-state index in [-0.39, 0.29) is 11.5 Å². The summed E-state index contributed by atoms with van der Waals surface area (Å²) in [5, 5.41) is 11.0. The molecule has 176 valence electrons. The van der Waals surface area contributed by atoms with Gasteiger partial charge in [-0.05, 0) is 55.0 Å². The van der Waals surface area contributed by atoms with Crippen LogP contribution in [0.4, 0.5) is 0 Å². The molecule has 0 unspecified atom stereocenters. The number of hydrogen-bond donors (Lipinski definition) is 2. The minimum atomic E-state index is -3.74. The van der Waals surface area contributed by atoms with Crippen molar-refractivity contribution in [2.45, 2.75) is 37.0 Å². The number of amides is 1. The Bertz CT molecular complexity index is 1330. The molecule has 0 aromatic heterocycles. The Hall–Kier alpha value is -3.16. The van der Waals surface area contributed by atoms with Crippen molar-refractivity contribution < 1.29 is 23.1 Å². The molecular weight excluding hydrogens is 450 g/mol. The molecule has 2 atom stereocenters. The lowest BCUT2D eigenvalue weighted by Crippen LogP contribution is -2.38. The Balaban J connectivity index is 1.40. The molecule has 1 aliphatic carbocycles. The number of carbonyl (C=O) groups excluding carboxylic acids is 1. The van der Waals surface area contributed by atoms with E-state index in [1.54, 1.807) is 37.3 Å². The largest absolute Gasteiger partial charge is 0.493 e. The predicted octanol–water partition coefficient (Wildman–Crippen LogP) is 4.25. The fourth-order valence-corrected chi connectivity index (χ4v) is 5.62. The van der Waals surface area contributed by atoms with E-state index >= 15 is 0 Å². The predicted molar refractivity (Wildman–Crippen MR) is 130 cm³/mol. The van der Waals surface area contributed by atoms with Crippen LogP contribution >= 0.6 is 0 Å². The third kappa shape index (κ3) is 4.21. The minimum absolute atomic E-state index is 0.0622. The molecule has 2 aliphatic rings. The molecule has 0 bridgehead atoms. The van der Waals surface area contributed by atoms with Gasteiger partial charge < -0.3 is 9.84 Å². The van der Waals surface area contributed by atoms with Crippen molar-refractivity contribution in [3.63, 3.8) is 0 Å². The molecular formula is C27H27NO5S. The number of sulfonamides is 1. The van der Waals surface area contributed by atoms with E-state index in [1.165, 1.54) is 0 Å². The SMILES string of the molecule is CC1(S(=O)(=O)NC(=O)c2ccccc2-c2ccc3c(c2)OC[C@H](Cc2ccccc2)[C@H]3O)CC1. The summed E-state index contributed by atoms with van der Waals surface area (Å²) in [5.74, 6) is -0.138. The molecule has 1 amide bonds. The van der Waals surface area contributed by atoms with E-state index in [1.807, 2.05) is 42.5 Å². The number of hydrogen-bond acceptors (Lipinski definition) is 5. The van der Waals surface area contributed by atoms with Crippen LogP contribution in [0.5, 0.6) is 5.75 Å². The number of aliphatic hydroxyl groups is 1. The topological polar surface area (TPSA) is 92.7 Å². The number of fused-ring (bicyclic) bond motifs is 1. The first-order valence-electron chi connectivity index (χ1n) is 11.4. The van der Waals surface area contributed by atoms with Crippen LogP contribution in [0.3, 0.4) is 0 Å². The van der Waals surface area contributed by atoms with E-state index in [2.05, 4.69) is 4.72 Å². The fourth-order valence-electron chi connectivity index (χ4n) is 4.38. The minimum Gasteiger partial charge on any atom is -0.493 e. The second-order valence-corrected chi connectivity index (χ2v) is 11.6. The van der Waals surface area contributed by atoms with Gasteiger partial charge in [-0.1, -0.05) is 60.7 Å². The average Bonchev–Trinajstić information content (AvgIpc) is 3.60. The van der Waals surface area contributed by atoms with Gasteiger partial charge in [0.2, 0.25) is 10.0 Å². The summed E-state index contributed by atoms with van der Waals surface area (Å²) in [4.78, 5) is 12.9.